The zero-order valence-electron chi connectivity index (χ0n) is 17.8. The molecule has 0 heterocycles. The number of hydrogen-bond donors (Lipinski definition) is 0. The van der Waals surface area contributed by atoms with Crippen LogP contribution in [0.15, 0.2) is 24.3 Å². The van der Waals surface area contributed by atoms with E-state index in [0.717, 1.165) is 43.4 Å². The number of ether oxygens (including phenoxy) is 2. The quantitative estimate of drug-likeness (QED) is 0.206. The molecule has 1 unspecified atom stereocenters. The van der Waals surface area contributed by atoms with Crippen molar-refractivity contribution in [1.82, 2.24) is 0 Å². The topological polar surface area (TPSA) is 35.5 Å². The molecule has 1 aromatic carbocycles. The Bertz CT molecular complexity index is 563. The molecule has 27 heavy (non-hydrogen) atoms. The van der Waals surface area contributed by atoms with E-state index in [9.17, 15) is 4.79 Å². The van der Waals surface area contributed by atoms with Gasteiger partial charge >= 0.3 is 5.97 Å². The zero-order valence-corrected chi connectivity index (χ0v) is 17.8. The average molecular weight is 375 g/mol. The van der Waals surface area contributed by atoms with Crippen LogP contribution in [0.25, 0.3) is 6.08 Å². The van der Waals surface area contributed by atoms with Gasteiger partial charge in [-0.2, -0.15) is 0 Å². The SMILES string of the molecule is CCCCCCc1cc(OC)ccc1C=CC(=O)OC(CC)CCCCC. The van der Waals surface area contributed by atoms with Crippen LogP contribution >= 0.6 is 0 Å². The van der Waals surface area contributed by atoms with Crippen LogP contribution in [-0.2, 0) is 16.0 Å². The summed E-state index contributed by atoms with van der Waals surface area (Å²) in [6, 6.07) is 6.05. The third kappa shape index (κ3) is 9.65. The van der Waals surface area contributed by atoms with Crippen molar-refractivity contribution < 1.29 is 14.3 Å². The number of aryl methyl sites for hydroxylation is 1. The Labute approximate surface area is 166 Å². The first-order chi connectivity index (χ1) is 13.1. The summed E-state index contributed by atoms with van der Waals surface area (Å²) in [6.07, 6.45) is 14.7. The zero-order chi connectivity index (χ0) is 19.9. The molecule has 3 heteroatoms. The van der Waals surface area contributed by atoms with Gasteiger partial charge in [0.25, 0.3) is 0 Å². The summed E-state index contributed by atoms with van der Waals surface area (Å²) in [4.78, 5) is 12.2. The molecule has 0 saturated carbocycles. The predicted octanol–water partition coefficient (Wildman–Crippen LogP) is 6.73. The van der Waals surface area contributed by atoms with Crippen LogP contribution in [0.2, 0.25) is 0 Å². The van der Waals surface area contributed by atoms with Crippen molar-refractivity contribution in [3.05, 3.63) is 35.4 Å². The molecule has 0 amide bonds. The maximum atomic E-state index is 12.2. The Morgan fingerprint density at radius 3 is 2.44 bits per heavy atom. The third-order valence-corrected chi connectivity index (χ3v) is 4.92. The first kappa shape index (κ1) is 23.3. The number of esters is 1. The van der Waals surface area contributed by atoms with Crippen LogP contribution in [0.4, 0.5) is 0 Å². The van der Waals surface area contributed by atoms with E-state index in [-0.39, 0.29) is 12.1 Å². The molecule has 0 saturated heterocycles. The van der Waals surface area contributed by atoms with E-state index < -0.39 is 0 Å². The highest BCUT2D eigenvalue weighted by Crippen LogP contribution is 2.21. The van der Waals surface area contributed by atoms with Gasteiger partial charge in [-0.25, -0.2) is 4.79 Å². The summed E-state index contributed by atoms with van der Waals surface area (Å²) in [5.74, 6) is 0.619. The minimum absolute atomic E-state index is 0.0260. The lowest BCUT2D eigenvalue weighted by Crippen LogP contribution is -2.15. The highest BCUT2D eigenvalue weighted by molar-refractivity contribution is 5.87. The minimum atomic E-state index is -0.244. The van der Waals surface area contributed by atoms with Crippen LogP contribution in [0, 0.1) is 0 Å². The fraction of sp³-hybridized carbons (Fsp3) is 0.625. The van der Waals surface area contributed by atoms with Crippen molar-refractivity contribution >= 4 is 12.0 Å². The molecular formula is C24H38O3. The molecule has 152 valence electrons. The lowest BCUT2D eigenvalue weighted by atomic mass is 10.00. The maximum absolute atomic E-state index is 12.2. The number of hydrogen-bond acceptors (Lipinski definition) is 3. The number of rotatable bonds is 14. The Hall–Kier alpha value is -1.77. The lowest BCUT2D eigenvalue weighted by Gasteiger charge is -2.14. The van der Waals surface area contributed by atoms with Gasteiger partial charge < -0.3 is 9.47 Å². The molecule has 1 atom stereocenters. The van der Waals surface area contributed by atoms with Crippen LogP contribution < -0.4 is 4.74 Å². The smallest absolute Gasteiger partial charge is 0.331 e. The number of carbonyl (C=O) groups excluding carboxylic acids is 1. The Morgan fingerprint density at radius 1 is 1.04 bits per heavy atom. The molecule has 0 aliphatic carbocycles. The molecule has 1 rings (SSSR count). The van der Waals surface area contributed by atoms with E-state index in [0.29, 0.717) is 0 Å². The molecule has 0 N–H and O–H groups in total. The van der Waals surface area contributed by atoms with Gasteiger partial charge in [0.05, 0.1) is 7.11 Å². The maximum Gasteiger partial charge on any atom is 0.331 e. The van der Waals surface area contributed by atoms with Crippen molar-refractivity contribution in [2.24, 2.45) is 0 Å². The lowest BCUT2D eigenvalue weighted by molar-refractivity contribution is -0.143. The molecule has 0 radical (unpaired) electrons. The minimum Gasteiger partial charge on any atom is -0.497 e. The molecule has 1 aromatic rings. The fourth-order valence-corrected chi connectivity index (χ4v) is 3.16. The first-order valence-corrected chi connectivity index (χ1v) is 10.7. The highest BCUT2D eigenvalue weighted by atomic mass is 16.5. The van der Waals surface area contributed by atoms with Crippen molar-refractivity contribution in [3.63, 3.8) is 0 Å². The van der Waals surface area contributed by atoms with Gasteiger partial charge in [-0.05, 0) is 61.4 Å². The second-order valence-electron chi connectivity index (χ2n) is 7.17. The summed E-state index contributed by atoms with van der Waals surface area (Å²) in [7, 11) is 1.69. The molecule has 0 aliphatic heterocycles. The summed E-state index contributed by atoms with van der Waals surface area (Å²) in [5.41, 5.74) is 2.30. The highest BCUT2D eigenvalue weighted by Gasteiger charge is 2.10. The van der Waals surface area contributed by atoms with E-state index >= 15 is 0 Å². The first-order valence-electron chi connectivity index (χ1n) is 10.7. The van der Waals surface area contributed by atoms with E-state index in [1.54, 1.807) is 13.2 Å². The second kappa shape index (κ2) is 14.3. The fourth-order valence-electron chi connectivity index (χ4n) is 3.16. The number of methoxy groups -OCH3 is 1. The van der Waals surface area contributed by atoms with Gasteiger partial charge in [0, 0.05) is 6.08 Å². The van der Waals surface area contributed by atoms with E-state index in [1.807, 2.05) is 18.2 Å². The van der Waals surface area contributed by atoms with Gasteiger partial charge in [0.15, 0.2) is 0 Å². The van der Waals surface area contributed by atoms with E-state index in [2.05, 4.69) is 26.8 Å². The number of unbranched alkanes of at least 4 members (excludes halogenated alkanes) is 5. The Morgan fingerprint density at radius 2 is 1.78 bits per heavy atom. The molecule has 0 aromatic heterocycles. The third-order valence-electron chi connectivity index (χ3n) is 4.92. The summed E-state index contributed by atoms with van der Waals surface area (Å²) < 4.78 is 11.0. The van der Waals surface area contributed by atoms with Crippen LogP contribution in [-0.4, -0.2) is 19.2 Å². The molecule has 0 bridgehead atoms. The normalized spacial score (nSPS) is 12.3. The molecule has 0 fully saturated rings. The molecule has 3 nitrogen and oxygen atoms in total. The number of benzene rings is 1. The van der Waals surface area contributed by atoms with Gasteiger partial charge in [-0.1, -0.05) is 58.9 Å². The monoisotopic (exact) mass is 374 g/mol. The van der Waals surface area contributed by atoms with Crippen molar-refractivity contribution in [3.8, 4) is 5.75 Å². The van der Waals surface area contributed by atoms with Crippen LogP contribution in [0.5, 0.6) is 5.75 Å². The largest absolute Gasteiger partial charge is 0.497 e. The Kier molecular flexibility index (Phi) is 12.3. The van der Waals surface area contributed by atoms with Crippen LogP contribution in [0.3, 0.4) is 0 Å². The summed E-state index contributed by atoms with van der Waals surface area (Å²) in [6.45, 7) is 6.48. The summed E-state index contributed by atoms with van der Waals surface area (Å²) >= 11 is 0. The number of carbonyl (C=O) groups is 1. The van der Waals surface area contributed by atoms with Crippen LogP contribution in [0.1, 0.15) is 89.7 Å². The Balaban J connectivity index is 2.69. The second-order valence-corrected chi connectivity index (χ2v) is 7.17. The van der Waals surface area contributed by atoms with E-state index in [1.165, 1.54) is 37.7 Å². The van der Waals surface area contributed by atoms with Crippen molar-refractivity contribution in [2.45, 2.75) is 91.1 Å². The molecule has 0 spiro atoms. The standard InChI is InChI=1S/C24H38O3/c1-5-8-10-12-13-21-19-23(26-4)17-15-20(21)16-18-24(25)27-22(7-3)14-11-9-6-2/h15-19,22H,5-14H2,1-4H3. The average Bonchev–Trinajstić information content (AvgIpc) is 2.69. The molecular weight excluding hydrogens is 336 g/mol. The van der Waals surface area contributed by atoms with Gasteiger partial charge in [0.1, 0.15) is 11.9 Å². The van der Waals surface area contributed by atoms with Crippen molar-refractivity contribution in [2.75, 3.05) is 7.11 Å². The summed E-state index contributed by atoms with van der Waals surface area (Å²) in [5, 5.41) is 0. The van der Waals surface area contributed by atoms with Gasteiger partial charge in [0.2, 0.25) is 0 Å². The van der Waals surface area contributed by atoms with Gasteiger partial charge in [-0.3, -0.25) is 0 Å². The molecule has 0 aliphatic rings. The predicted molar refractivity (Wildman–Crippen MR) is 114 cm³/mol. The van der Waals surface area contributed by atoms with E-state index in [4.69, 9.17) is 9.47 Å². The van der Waals surface area contributed by atoms with Crippen molar-refractivity contribution in [1.29, 1.82) is 0 Å². The van der Waals surface area contributed by atoms with Gasteiger partial charge in [-0.15, -0.1) is 0 Å².